The van der Waals surface area contributed by atoms with Gasteiger partial charge >= 0.3 is 0 Å². The summed E-state index contributed by atoms with van der Waals surface area (Å²) in [7, 11) is 0. The minimum absolute atomic E-state index is 0.539. The highest BCUT2D eigenvalue weighted by Gasteiger charge is 2.09. The van der Waals surface area contributed by atoms with E-state index in [2.05, 4.69) is 17.7 Å². The van der Waals surface area contributed by atoms with Crippen LogP contribution < -0.4 is 4.90 Å². The molecular formula is C14H17NO. The lowest BCUT2D eigenvalue weighted by molar-refractivity contribution is 0.112. The Bertz CT molecular complexity index is 404. The van der Waals surface area contributed by atoms with Crippen LogP contribution in [0, 0.1) is 19.3 Å². The van der Waals surface area contributed by atoms with Gasteiger partial charge in [0.25, 0.3) is 0 Å². The predicted molar refractivity (Wildman–Crippen MR) is 67.9 cm³/mol. The number of aryl methyl sites for hydroxylation is 1. The van der Waals surface area contributed by atoms with Gasteiger partial charge in [0.05, 0.1) is 6.54 Å². The third-order valence-corrected chi connectivity index (χ3v) is 2.43. The molecule has 0 atom stereocenters. The van der Waals surface area contributed by atoms with E-state index in [4.69, 9.17) is 6.42 Å². The number of terminal acetylenes is 1. The fraction of sp³-hybridized carbons (Fsp3) is 0.357. The van der Waals surface area contributed by atoms with E-state index in [1.807, 2.05) is 25.1 Å². The molecule has 0 saturated carbocycles. The lowest BCUT2D eigenvalue weighted by atomic mass is 10.1. The van der Waals surface area contributed by atoms with E-state index in [0.717, 1.165) is 30.5 Å². The molecular weight excluding hydrogens is 198 g/mol. The minimum atomic E-state index is 0.539. The molecule has 84 valence electrons. The monoisotopic (exact) mass is 215 g/mol. The van der Waals surface area contributed by atoms with Crippen LogP contribution in [0.1, 0.15) is 29.3 Å². The summed E-state index contributed by atoms with van der Waals surface area (Å²) in [6.45, 7) is 5.48. The van der Waals surface area contributed by atoms with Crippen molar-refractivity contribution in [3.8, 4) is 12.3 Å². The average molecular weight is 215 g/mol. The molecule has 0 N–H and O–H groups in total. The topological polar surface area (TPSA) is 20.3 Å². The van der Waals surface area contributed by atoms with Crippen molar-refractivity contribution >= 4 is 12.0 Å². The van der Waals surface area contributed by atoms with Crippen LogP contribution in [-0.2, 0) is 0 Å². The number of rotatable bonds is 5. The van der Waals surface area contributed by atoms with Crippen LogP contribution >= 0.6 is 0 Å². The molecule has 0 aliphatic carbocycles. The average Bonchev–Trinajstić information content (AvgIpc) is 2.28. The number of nitrogens with zero attached hydrogens (tertiary/aromatic N) is 1. The number of hydrogen-bond acceptors (Lipinski definition) is 2. The van der Waals surface area contributed by atoms with Gasteiger partial charge in [0.2, 0.25) is 0 Å². The molecule has 2 heteroatoms. The smallest absolute Gasteiger partial charge is 0.152 e. The van der Waals surface area contributed by atoms with Gasteiger partial charge in [-0.3, -0.25) is 4.79 Å². The van der Waals surface area contributed by atoms with Crippen molar-refractivity contribution in [2.75, 3.05) is 18.0 Å². The van der Waals surface area contributed by atoms with Gasteiger partial charge < -0.3 is 4.90 Å². The Labute approximate surface area is 97.3 Å². The van der Waals surface area contributed by atoms with Crippen molar-refractivity contribution in [2.24, 2.45) is 0 Å². The SMILES string of the molecule is C#CCN(CCC)c1ccc(C)cc1C=O. The van der Waals surface area contributed by atoms with Gasteiger partial charge in [0.15, 0.2) is 6.29 Å². The summed E-state index contributed by atoms with van der Waals surface area (Å²) in [5.41, 5.74) is 2.73. The molecule has 16 heavy (non-hydrogen) atoms. The Morgan fingerprint density at radius 1 is 1.50 bits per heavy atom. The van der Waals surface area contributed by atoms with Crippen molar-refractivity contribution in [1.82, 2.24) is 0 Å². The fourth-order valence-electron chi connectivity index (χ4n) is 1.72. The van der Waals surface area contributed by atoms with Crippen LogP contribution in [0.15, 0.2) is 18.2 Å². The van der Waals surface area contributed by atoms with E-state index >= 15 is 0 Å². The van der Waals surface area contributed by atoms with E-state index in [1.165, 1.54) is 0 Å². The molecule has 1 rings (SSSR count). The van der Waals surface area contributed by atoms with Crippen molar-refractivity contribution in [2.45, 2.75) is 20.3 Å². The number of carbonyl (C=O) groups is 1. The highest BCUT2D eigenvalue weighted by molar-refractivity contribution is 5.85. The second-order valence-corrected chi connectivity index (χ2v) is 3.81. The molecule has 1 aromatic rings. The third-order valence-electron chi connectivity index (χ3n) is 2.43. The van der Waals surface area contributed by atoms with Gasteiger partial charge in [-0.25, -0.2) is 0 Å². The van der Waals surface area contributed by atoms with Crippen molar-refractivity contribution in [3.05, 3.63) is 29.3 Å². The first-order chi connectivity index (χ1) is 7.72. The van der Waals surface area contributed by atoms with Crippen LogP contribution in [0.25, 0.3) is 0 Å². The van der Waals surface area contributed by atoms with Gasteiger partial charge in [-0.15, -0.1) is 6.42 Å². The van der Waals surface area contributed by atoms with Crippen LogP contribution in [0.5, 0.6) is 0 Å². The summed E-state index contributed by atoms with van der Waals surface area (Å²) in [4.78, 5) is 13.1. The van der Waals surface area contributed by atoms with E-state index in [0.29, 0.717) is 12.1 Å². The standard InChI is InChI=1S/C14H17NO/c1-4-8-15(9-5-2)14-7-6-12(3)10-13(14)11-16/h1,6-7,10-11H,5,8-9H2,2-3H3. The van der Waals surface area contributed by atoms with Gasteiger partial charge in [-0.05, 0) is 25.5 Å². The Kier molecular flexibility index (Phi) is 4.60. The molecule has 0 spiro atoms. The molecule has 0 unspecified atom stereocenters. The first-order valence-electron chi connectivity index (χ1n) is 5.47. The number of benzene rings is 1. The molecule has 0 heterocycles. The fourth-order valence-corrected chi connectivity index (χ4v) is 1.72. The zero-order chi connectivity index (χ0) is 12.0. The van der Waals surface area contributed by atoms with Crippen LogP contribution in [0.2, 0.25) is 0 Å². The normalized spacial score (nSPS) is 9.56. The van der Waals surface area contributed by atoms with Crippen LogP contribution in [-0.4, -0.2) is 19.4 Å². The van der Waals surface area contributed by atoms with E-state index in [1.54, 1.807) is 0 Å². The molecule has 0 aliphatic rings. The quantitative estimate of drug-likeness (QED) is 0.556. The summed E-state index contributed by atoms with van der Waals surface area (Å²) in [5.74, 6) is 2.63. The van der Waals surface area contributed by atoms with E-state index < -0.39 is 0 Å². The maximum atomic E-state index is 11.0. The largest absolute Gasteiger partial charge is 0.360 e. The lowest BCUT2D eigenvalue weighted by Crippen LogP contribution is -2.25. The minimum Gasteiger partial charge on any atom is -0.360 e. The van der Waals surface area contributed by atoms with Crippen LogP contribution in [0.3, 0.4) is 0 Å². The molecule has 0 radical (unpaired) electrons. The highest BCUT2D eigenvalue weighted by atomic mass is 16.1. The Hall–Kier alpha value is -1.75. The Morgan fingerprint density at radius 3 is 2.81 bits per heavy atom. The number of hydrogen-bond donors (Lipinski definition) is 0. The molecule has 0 fully saturated rings. The summed E-state index contributed by atoms with van der Waals surface area (Å²) in [6, 6.07) is 5.86. The predicted octanol–water partition coefficient (Wildman–Crippen LogP) is 2.66. The second-order valence-electron chi connectivity index (χ2n) is 3.81. The van der Waals surface area contributed by atoms with E-state index in [9.17, 15) is 4.79 Å². The summed E-state index contributed by atoms with van der Waals surface area (Å²) in [5, 5.41) is 0. The van der Waals surface area contributed by atoms with Crippen molar-refractivity contribution in [1.29, 1.82) is 0 Å². The molecule has 0 bridgehead atoms. The van der Waals surface area contributed by atoms with Gasteiger partial charge in [-0.2, -0.15) is 0 Å². The summed E-state index contributed by atoms with van der Waals surface area (Å²) >= 11 is 0. The first-order valence-corrected chi connectivity index (χ1v) is 5.47. The molecule has 2 nitrogen and oxygen atoms in total. The van der Waals surface area contributed by atoms with Crippen molar-refractivity contribution in [3.63, 3.8) is 0 Å². The maximum absolute atomic E-state index is 11.0. The Morgan fingerprint density at radius 2 is 2.25 bits per heavy atom. The second kappa shape index (κ2) is 5.97. The van der Waals surface area contributed by atoms with E-state index in [-0.39, 0.29) is 0 Å². The zero-order valence-corrected chi connectivity index (χ0v) is 9.86. The number of aldehydes is 1. The molecule has 0 saturated heterocycles. The lowest BCUT2D eigenvalue weighted by Gasteiger charge is -2.23. The zero-order valence-electron chi connectivity index (χ0n) is 9.86. The van der Waals surface area contributed by atoms with Gasteiger partial charge in [0.1, 0.15) is 0 Å². The summed E-state index contributed by atoms with van der Waals surface area (Å²) in [6.07, 6.45) is 7.24. The molecule has 1 aromatic carbocycles. The molecule has 0 amide bonds. The summed E-state index contributed by atoms with van der Waals surface area (Å²) < 4.78 is 0. The third kappa shape index (κ3) is 2.87. The number of anilines is 1. The van der Waals surface area contributed by atoms with Crippen molar-refractivity contribution < 1.29 is 4.79 Å². The molecule has 0 aliphatic heterocycles. The van der Waals surface area contributed by atoms with Gasteiger partial charge in [-0.1, -0.05) is 24.5 Å². The van der Waals surface area contributed by atoms with Gasteiger partial charge in [0, 0.05) is 17.8 Å². The van der Waals surface area contributed by atoms with Crippen LogP contribution in [0.4, 0.5) is 5.69 Å². The number of carbonyl (C=O) groups excluding carboxylic acids is 1. The Balaban J connectivity index is 3.08. The maximum Gasteiger partial charge on any atom is 0.152 e. The first kappa shape index (κ1) is 12.3. The molecule has 0 aromatic heterocycles. The highest BCUT2D eigenvalue weighted by Crippen LogP contribution is 2.20.